The Balaban J connectivity index is 2.29. The molecule has 0 spiro atoms. The van der Waals surface area contributed by atoms with Gasteiger partial charge in [0.2, 0.25) is 0 Å². The molecule has 1 N–H and O–H groups in total. The van der Waals surface area contributed by atoms with Gasteiger partial charge in [-0.25, -0.2) is 4.39 Å². The number of methoxy groups -OCH3 is 2. The van der Waals surface area contributed by atoms with Crippen molar-refractivity contribution in [2.45, 2.75) is 19.8 Å². The molecule has 0 aliphatic heterocycles. The SMILES string of the molecule is COCCNCC(C)CCc1ccc(OC)c(F)c1. The van der Waals surface area contributed by atoms with E-state index in [-0.39, 0.29) is 5.82 Å². The summed E-state index contributed by atoms with van der Waals surface area (Å²) in [6.45, 7) is 4.76. The Bertz CT molecular complexity index is 371. The Kier molecular flexibility index (Phi) is 7.45. The van der Waals surface area contributed by atoms with E-state index in [4.69, 9.17) is 9.47 Å². The molecule has 108 valence electrons. The first-order valence-electron chi connectivity index (χ1n) is 6.69. The highest BCUT2D eigenvalue weighted by Crippen LogP contribution is 2.19. The minimum absolute atomic E-state index is 0.286. The molecule has 1 aromatic carbocycles. The molecule has 19 heavy (non-hydrogen) atoms. The molecule has 0 radical (unpaired) electrons. The van der Waals surface area contributed by atoms with E-state index in [0.717, 1.165) is 38.1 Å². The molecule has 1 rings (SSSR count). The topological polar surface area (TPSA) is 30.5 Å². The van der Waals surface area contributed by atoms with E-state index in [1.165, 1.54) is 7.11 Å². The lowest BCUT2D eigenvalue weighted by molar-refractivity contribution is 0.198. The number of benzene rings is 1. The van der Waals surface area contributed by atoms with Crippen molar-refractivity contribution in [3.8, 4) is 5.75 Å². The standard InChI is InChI=1S/C15H24FNO2/c1-12(11-17-8-9-18-2)4-5-13-6-7-15(19-3)14(16)10-13/h6-7,10,12,17H,4-5,8-9,11H2,1-3H3. The van der Waals surface area contributed by atoms with Crippen molar-refractivity contribution >= 4 is 0 Å². The maximum atomic E-state index is 13.5. The molecule has 0 heterocycles. The van der Waals surface area contributed by atoms with Crippen LogP contribution in [0.15, 0.2) is 18.2 Å². The molecule has 0 fully saturated rings. The van der Waals surface area contributed by atoms with Gasteiger partial charge in [0.15, 0.2) is 11.6 Å². The van der Waals surface area contributed by atoms with Crippen molar-refractivity contribution in [3.63, 3.8) is 0 Å². The molecule has 0 saturated carbocycles. The molecule has 4 heteroatoms. The first kappa shape index (κ1) is 15.9. The Morgan fingerprint density at radius 3 is 2.74 bits per heavy atom. The van der Waals surface area contributed by atoms with Gasteiger partial charge in [-0.15, -0.1) is 0 Å². The van der Waals surface area contributed by atoms with Crippen LogP contribution in [0.5, 0.6) is 5.75 Å². The van der Waals surface area contributed by atoms with Crippen LogP contribution in [0, 0.1) is 11.7 Å². The first-order chi connectivity index (χ1) is 9.17. The Hall–Kier alpha value is -1.13. The van der Waals surface area contributed by atoms with Gasteiger partial charge < -0.3 is 14.8 Å². The highest BCUT2D eigenvalue weighted by molar-refractivity contribution is 5.29. The van der Waals surface area contributed by atoms with E-state index in [9.17, 15) is 4.39 Å². The summed E-state index contributed by atoms with van der Waals surface area (Å²) >= 11 is 0. The molecular weight excluding hydrogens is 245 g/mol. The number of hydrogen-bond donors (Lipinski definition) is 1. The average molecular weight is 269 g/mol. The number of rotatable bonds is 9. The van der Waals surface area contributed by atoms with E-state index in [1.54, 1.807) is 19.2 Å². The van der Waals surface area contributed by atoms with Crippen LogP contribution in [-0.4, -0.2) is 33.9 Å². The van der Waals surface area contributed by atoms with Gasteiger partial charge >= 0.3 is 0 Å². The second-order valence-corrected chi connectivity index (χ2v) is 4.81. The maximum Gasteiger partial charge on any atom is 0.165 e. The van der Waals surface area contributed by atoms with Gasteiger partial charge in [-0.3, -0.25) is 0 Å². The summed E-state index contributed by atoms with van der Waals surface area (Å²) in [6.07, 6.45) is 1.92. The fourth-order valence-electron chi connectivity index (χ4n) is 1.90. The van der Waals surface area contributed by atoms with Crippen LogP contribution in [0.3, 0.4) is 0 Å². The van der Waals surface area contributed by atoms with E-state index in [2.05, 4.69) is 12.2 Å². The van der Waals surface area contributed by atoms with Gasteiger partial charge in [-0.05, 0) is 43.0 Å². The lowest BCUT2D eigenvalue weighted by atomic mass is 10.0. The smallest absolute Gasteiger partial charge is 0.165 e. The summed E-state index contributed by atoms with van der Waals surface area (Å²) in [6, 6.07) is 5.17. The van der Waals surface area contributed by atoms with Crippen LogP contribution < -0.4 is 10.1 Å². The average Bonchev–Trinajstić information content (AvgIpc) is 2.41. The van der Waals surface area contributed by atoms with Gasteiger partial charge in [0, 0.05) is 13.7 Å². The van der Waals surface area contributed by atoms with Crippen molar-refractivity contribution in [1.29, 1.82) is 0 Å². The summed E-state index contributed by atoms with van der Waals surface area (Å²) in [4.78, 5) is 0. The van der Waals surface area contributed by atoms with E-state index < -0.39 is 0 Å². The van der Waals surface area contributed by atoms with Crippen LogP contribution in [0.2, 0.25) is 0 Å². The normalized spacial score (nSPS) is 12.4. The Morgan fingerprint density at radius 2 is 2.11 bits per heavy atom. The summed E-state index contributed by atoms with van der Waals surface area (Å²) in [5, 5.41) is 3.33. The second-order valence-electron chi connectivity index (χ2n) is 4.81. The summed E-state index contributed by atoms with van der Waals surface area (Å²) in [7, 11) is 3.18. The Labute approximate surface area is 115 Å². The van der Waals surface area contributed by atoms with Crippen molar-refractivity contribution in [2.75, 3.05) is 33.9 Å². The van der Waals surface area contributed by atoms with Crippen LogP contribution >= 0.6 is 0 Å². The van der Waals surface area contributed by atoms with Gasteiger partial charge in [0.1, 0.15) is 0 Å². The molecule has 0 aliphatic carbocycles. The zero-order valence-electron chi connectivity index (χ0n) is 12.0. The van der Waals surface area contributed by atoms with E-state index >= 15 is 0 Å². The van der Waals surface area contributed by atoms with Crippen LogP contribution in [0.25, 0.3) is 0 Å². The predicted molar refractivity (Wildman–Crippen MR) is 75.2 cm³/mol. The minimum Gasteiger partial charge on any atom is -0.494 e. The maximum absolute atomic E-state index is 13.5. The van der Waals surface area contributed by atoms with Crippen molar-refractivity contribution in [2.24, 2.45) is 5.92 Å². The van der Waals surface area contributed by atoms with Crippen molar-refractivity contribution in [1.82, 2.24) is 5.32 Å². The number of hydrogen-bond acceptors (Lipinski definition) is 3. The number of ether oxygens (including phenoxy) is 2. The van der Waals surface area contributed by atoms with Gasteiger partial charge in [0.25, 0.3) is 0 Å². The molecule has 0 saturated heterocycles. The Morgan fingerprint density at radius 1 is 1.32 bits per heavy atom. The quantitative estimate of drug-likeness (QED) is 0.699. The fraction of sp³-hybridized carbons (Fsp3) is 0.600. The van der Waals surface area contributed by atoms with E-state index in [1.807, 2.05) is 6.07 Å². The summed E-state index contributed by atoms with van der Waals surface area (Å²) < 4.78 is 23.4. The van der Waals surface area contributed by atoms with Crippen molar-refractivity contribution in [3.05, 3.63) is 29.6 Å². The predicted octanol–water partition coefficient (Wildman–Crippen LogP) is 2.64. The number of nitrogens with one attached hydrogen (secondary N) is 1. The molecule has 1 atom stereocenters. The number of halogens is 1. The second kappa shape index (κ2) is 8.88. The van der Waals surface area contributed by atoms with Crippen molar-refractivity contribution < 1.29 is 13.9 Å². The third kappa shape index (κ3) is 6.03. The fourth-order valence-corrected chi connectivity index (χ4v) is 1.90. The van der Waals surface area contributed by atoms with Gasteiger partial charge in [-0.2, -0.15) is 0 Å². The molecule has 0 aliphatic rings. The zero-order valence-corrected chi connectivity index (χ0v) is 12.0. The molecular formula is C15H24FNO2. The van der Waals surface area contributed by atoms with Crippen LogP contribution in [-0.2, 0) is 11.2 Å². The zero-order chi connectivity index (χ0) is 14.1. The third-order valence-electron chi connectivity index (χ3n) is 3.12. The van der Waals surface area contributed by atoms with Gasteiger partial charge in [0.05, 0.1) is 13.7 Å². The largest absolute Gasteiger partial charge is 0.494 e. The highest BCUT2D eigenvalue weighted by atomic mass is 19.1. The lowest BCUT2D eigenvalue weighted by Crippen LogP contribution is -2.25. The summed E-state index contributed by atoms with van der Waals surface area (Å²) in [5.74, 6) is 0.575. The molecule has 0 amide bonds. The summed E-state index contributed by atoms with van der Waals surface area (Å²) in [5.41, 5.74) is 1.02. The lowest BCUT2D eigenvalue weighted by Gasteiger charge is -2.12. The molecule has 3 nitrogen and oxygen atoms in total. The molecule has 0 bridgehead atoms. The third-order valence-corrected chi connectivity index (χ3v) is 3.12. The van der Waals surface area contributed by atoms with E-state index in [0.29, 0.717) is 11.7 Å². The molecule has 1 aromatic rings. The molecule has 1 unspecified atom stereocenters. The first-order valence-corrected chi connectivity index (χ1v) is 6.69. The van der Waals surface area contributed by atoms with Gasteiger partial charge in [-0.1, -0.05) is 13.0 Å². The minimum atomic E-state index is -0.286. The number of aryl methyl sites for hydroxylation is 1. The van der Waals surface area contributed by atoms with Crippen LogP contribution in [0.4, 0.5) is 4.39 Å². The highest BCUT2D eigenvalue weighted by Gasteiger charge is 2.06. The monoisotopic (exact) mass is 269 g/mol. The molecule has 0 aromatic heterocycles. The van der Waals surface area contributed by atoms with Crippen LogP contribution in [0.1, 0.15) is 18.9 Å².